The molecule has 0 aliphatic carbocycles. The second-order valence-electron chi connectivity index (χ2n) is 3.66. The number of nitriles is 1. The van der Waals surface area contributed by atoms with Crippen LogP contribution in [0.1, 0.15) is 21.7 Å². The first kappa shape index (κ1) is 11.7. The number of carbonyl (C=O) groups is 1. The Morgan fingerprint density at radius 3 is 2.78 bits per heavy atom. The van der Waals surface area contributed by atoms with Gasteiger partial charge < -0.3 is 5.32 Å². The molecule has 2 rings (SSSR count). The molecule has 2 heterocycles. The molecule has 0 radical (unpaired) electrons. The van der Waals surface area contributed by atoms with Gasteiger partial charge in [-0.25, -0.2) is 9.97 Å². The largest absolute Gasteiger partial charge is 0.305 e. The van der Waals surface area contributed by atoms with Gasteiger partial charge in [0.15, 0.2) is 0 Å². The Morgan fingerprint density at radius 2 is 2.17 bits per heavy atom. The number of aryl methyl sites for hydroxylation is 1. The molecule has 5 heteroatoms. The van der Waals surface area contributed by atoms with Gasteiger partial charge >= 0.3 is 0 Å². The van der Waals surface area contributed by atoms with Crippen LogP contribution in [0, 0.1) is 18.3 Å². The van der Waals surface area contributed by atoms with Gasteiger partial charge in [-0.3, -0.25) is 4.79 Å². The number of nitrogens with one attached hydrogen (secondary N) is 1. The smallest absolute Gasteiger partial charge is 0.275 e. The summed E-state index contributed by atoms with van der Waals surface area (Å²) in [6, 6.07) is 10.4. The van der Waals surface area contributed by atoms with Crippen molar-refractivity contribution in [1.29, 1.82) is 5.26 Å². The molecule has 2 aromatic heterocycles. The van der Waals surface area contributed by atoms with E-state index in [-0.39, 0.29) is 11.6 Å². The summed E-state index contributed by atoms with van der Waals surface area (Å²) in [6.07, 6.45) is 1.36. The third-order valence-corrected chi connectivity index (χ3v) is 2.26. The van der Waals surface area contributed by atoms with E-state index in [9.17, 15) is 4.79 Å². The van der Waals surface area contributed by atoms with E-state index in [4.69, 9.17) is 5.26 Å². The number of hydrogen-bond acceptors (Lipinski definition) is 4. The van der Waals surface area contributed by atoms with Crippen LogP contribution in [-0.4, -0.2) is 15.9 Å². The van der Waals surface area contributed by atoms with Crippen molar-refractivity contribution < 1.29 is 4.79 Å². The summed E-state index contributed by atoms with van der Waals surface area (Å²) in [4.78, 5) is 19.9. The quantitative estimate of drug-likeness (QED) is 0.866. The molecule has 0 aliphatic heterocycles. The summed E-state index contributed by atoms with van der Waals surface area (Å²) in [5, 5.41) is 11.3. The number of carbonyl (C=O) groups excluding carboxylic acids is 1. The van der Waals surface area contributed by atoms with E-state index in [1.807, 2.05) is 25.1 Å². The Morgan fingerprint density at radius 1 is 1.33 bits per heavy atom. The molecular formula is C13H10N4O. The van der Waals surface area contributed by atoms with Gasteiger partial charge in [0, 0.05) is 11.9 Å². The van der Waals surface area contributed by atoms with E-state index >= 15 is 0 Å². The van der Waals surface area contributed by atoms with Crippen LogP contribution in [-0.2, 0) is 0 Å². The Labute approximate surface area is 104 Å². The standard InChI is InChI=1S/C13H10N4O/c1-9-3-2-4-12(16-9)17-13(18)11-6-5-10(7-14)8-15-11/h2-6,8H,1H3,(H,16,17,18). The molecule has 0 saturated carbocycles. The van der Waals surface area contributed by atoms with Gasteiger partial charge in [-0.2, -0.15) is 5.26 Å². The monoisotopic (exact) mass is 238 g/mol. The molecule has 0 aliphatic rings. The molecule has 88 valence electrons. The van der Waals surface area contributed by atoms with Crippen molar-refractivity contribution in [3.8, 4) is 6.07 Å². The molecule has 0 atom stereocenters. The summed E-state index contributed by atoms with van der Waals surface area (Å²) in [5.74, 6) is 0.128. The minimum atomic E-state index is -0.349. The lowest BCUT2D eigenvalue weighted by Crippen LogP contribution is -2.14. The Kier molecular flexibility index (Phi) is 3.30. The number of rotatable bonds is 2. The SMILES string of the molecule is Cc1cccc(NC(=O)c2ccc(C#N)cn2)n1. The van der Waals surface area contributed by atoms with Crippen molar-refractivity contribution in [1.82, 2.24) is 9.97 Å². The predicted molar refractivity (Wildman–Crippen MR) is 65.9 cm³/mol. The second kappa shape index (κ2) is 5.06. The zero-order valence-electron chi connectivity index (χ0n) is 9.71. The molecule has 0 saturated heterocycles. The molecule has 18 heavy (non-hydrogen) atoms. The second-order valence-corrected chi connectivity index (χ2v) is 3.66. The molecule has 0 spiro atoms. The van der Waals surface area contributed by atoms with Crippen LogP contribution in [0.2, 0.25) is 0 Å². The first-order valence-electron chi connectivity index (χ1n) is 5.30. The fourth-order valence-electron chi connectivity index (χ4n) is 1.39. The Balaban J connectivity index is 2.14. The number of pyridine rings is 2. The zero-order chi connectivity index (χ0) is 13.0. The van der Waals surface area contributed by atoms with E-state index < -0.39 is 0 Å². The van der Waals surface area contributed by atoms with Crippen LogP contribution in [0.25, 0.3) is 0 Å². The number of anilines is 1. The molecular weight excluding hydrogens is 228 g/mol. The maximum atomic E-state index is 11.8. The van der Waals surface area contributed by atoms with Crippen molar-refractivity contribution >= 4 is 11.7 Å². The van der Waals surface area contributed by atoms with Crippen LogP contribution in [0.3, 0.4) is 0 Å². The number of aromatic nitrogens is 2. The van der Waals surface area contributed by atoms with E-state index in [1.54, 1.807) is 12.1 Å². The van der Waals surface area contributed by atoms with Crippen molar-refractivity contribution in [2.24, 2.45) is 0 Å². The van der Waals surface area contributed by atoms with Gasteiger partial charge in [0.1, 0.15) is 17.6 Å². The average Bonchev–Trinajstić information content (AvgIpc) is 2.39. The zero-order valence-corrected chi connectivity index (χ0v) is 9.71. The molecule has 0 aromatic carbocycles. The van der Waals surface area contributed by atoms with Crippen molar-refractivity contribution in [2.75, 3.05) is 5.32 Å². The Hall–Kier alpha value is -2.74. The minimum Gasteiger partial charge on any atom is -0.305 e. The van der Waals surface area contributed by atoms with Crippen LogP contribution in [0.15, 0.2) is 36.5 Å². The Bertz CT molecular complexity index is 614. The maximum Gasteiger partial charge on any atom is 0.275 e. The molecule has 2 aromatic rings. The highest BCUT2D eigenvalue weighted by molar-refractivity contribution is 6.02. The number of amides is 1. The first-order valence-corrected chi connectivity index (χ1v) is 5.30. The molecule has 1 amide bonds. The highest BCUT2D eigenvalue weighted by Crippen LogP contribution is 2.06. The number of hydrogen-bond donors (Lipinski definition) is 1. The molecule has 0 bridgehead atoms. The van der Waals surface area contributed by atoms with Gasteiger partial charge in [-0.15, -0.1) is 0 Å². The summed E-state index contributed by atoms with van der Waals surface area (Å²) < 4.78 is 0. The van der Waals surface area contributed by atoms with Crippen LogP contribution in [0.4, 0.5) is 5.82 Å². The highest BCUT2D eigenvalue weighted by atomic mass is 16.1. The fraction of sp³-hybridized carbons (Fsp3) is 0.0769. The lowest BCUT2D eigenvalue weighted by atomic mass is 10.2. The summed E-state index contributed by atoms with van der Waals surface area (Å²) >= 11 is 0. The van der Waals surface area contributed by atoms with Crippen LogP contribution < -0.4 is 5.32 Å². The van der Waals surface area contributed by atoms with E-state index in [1.165, 1.54) is 12.3 Å². The summed E-state index contributed by atoms with van der Waals surface area (Å²) in [5.41, 5.74) is 1.48. The number of nitrogens with zero attached hydrogens (tertiary/aromatic N) is 3. The maximum absolute atomic E-state index is 11.8. The first-order chi connectivity index (χ1) is 8.69. The molecule has 5 nitrogen and oxygen atoms in total. The normalized spacial score (nSPS) is 9.56. The van der Waals surface area contributed by atoms with E-state index in [0.29, 0.717) is 11.4 Å². The van der Waals surface area contributed by atoms with Crippen molar-refractivity contribution in [3.05, 3.63) is 53.5 Å². The van der Waals surface area contributed by atoms with Gasteiger partial charge in [-0.05, 0) is 31.2 Å². The third kappa shape index (κ3) is 2.68. The highest BCUT2D eigenvalue weighted by Gasteiger charge is 2.08. The molecule has 0 unspecified atom stereocenters. The minimum absolute atomic E-state index is 0.248. The lowest BCUT2D eigenvalue weighted by molar-refractivity contribution is 0.102. The van der Waals surface area contributed by atoms with Gasteiger partial charge in [0.2, 0.25) is 0 Å². The third-order valence-electron chi connectivity index (χ3n) is 2.26. The average molecular weight is 238 g/mol. The van der Waals surface area contributed by atoms with E-state index in [0.717, 1.165) is 5.69 Å². The fourth-order valence-corrected chi connectivity index (χ4v) is 1.39. The lowest BCUT2D eigenvalue weighted by Gasteiger charge is -2.04. The van der Waals surface area contributed by atoms with Gasteiger partial charge in [0.05, 0.1) is 5.56 Å². The predicted octanol–water partition coefficient (Wildman–Crippen LogP) is 1.91. The molecule has 0 fully saturated rings. The topological polar surface area (TPSA) is 78.7 Å². The van der Waals surface area contributed by atoms with Gasteiger partial charge in [0.25, 0.3) is 5.91 Å². The van der Waals surface area contributed by atoms with Crippen LogP contribution in [0.5, 0.6) is 0 Å². The van der Waals surface area contributed by atoms with E-state index in [2.05, 4.69) is 15.3 Å². The molecule has 1 N–H and O–H groups in total. The van der Waals surface area contributed by atoms with Crippen molar-refractivity contribution in [2.45, 2.75) is 6.92 Å². The van der Waals surface area contributed by atoms with Gasteiger partial charge in [-0.1, -0.05) is 6.07 Å². The van der Waals surface area contributed by atoms with Crippen molar-refractivity contribution in [3.63, 3.8) is 0 Å². The summed E-state index contributed by atoms with van der Waals surface area (Å²) in [7, 11) is 0. The van der Waals surface area contributed by atoms with Crippen LogP contribution >= 0.6 is 0 Å². The summed E-state index contributed by atoms with van der Waals surface area (Å²) in [6.45, 7) is 1.84.